The molecular weight excluding hydrogens is 466 g/mol. The first-order valence-electron chi connectivity index (χ1n) is 9.53. The fraction of sp³-hybridized carbons (Fsp3) is 0.136. The first kappa shape index (κ1) is 26.2. The molecule has 0 unspecified atom stereocenters. The van der Waals surface area contributed by atoms with E-state index in [4.69, 9.17) is 10.2 Å². The molecule has 182 valence electrons. The number of nitrogens with zero attached hydrogens (tertiary/aromatic N) is 2. The number of esters is 2. The summed E-state index contributed by atoms with van der Waals surface area (Å²) in [6, 6.07) is 6.57. The maximum absolute atomic E-state index is 12.7. The zero-order valence-electron chi connectivity index (χ0n) is 18.6. The molecule has 2 rings (SSSR count). The molecule has 0 aliphatic rings. The number of aliphatic hydroxyl groups excluding tert-OH is 1. The van der Waals surface area contributed by atoms with Gasteiger partial charge in [0.25, 0.3) is 5.91 Å². The number of carbonyl (C=O) groups excluding carboxylic acids is 3. The highest BCUT2D eigenvalue weighted by Crippen LogP contribution is 2.25. The van der Waals surface area contributed by atoms with Gasteiger partial charge in [0.05, 0.1) is 36.5 Å². The number of amides is 1. The Bertz CT molecular complexity index is 1240. The zero-order valence-corrected chi connectivity index (χ0v) is 18.6. The van der Waals surface area contributed by atoms with Crippen LogP contribution in [-0.4, -0.2) is 59.3 Å². The van der Waals surface area contributed by atoms with Gasteiger partial charge in [0, 0.05) is 5.69 Å². The zero-order chi connectivity index (χ0) is 26.3. The number of hydrogen-bond acceptors (Lipinski definition) is 10. The number of azo groups is 1. The Kier molecular flexibility index (Phi) is 8.36. The highest BCUT2D eigenvalue weighted by molar-refractivity contribution is 6.05. The minimum absolute atomic E-state index is 0.0106. The molecule has 35 heavy (non-hydrogen) atoms. The summed E-state index contributed by atoms with van der Waals surface area (Å²) in [6.07, 6.45) is 0. The number of carbonyl (C=O) groups is 5. The van der Waals surface area contributed by atoms with Gasteiger partial charge in [0.2, 0.25) is 0 Å². The molecule has 0 saturated heterocycles. The first-order valence-corrected chi connectivity index (χ1v) is 9.53. The summed E-state index contributed by atoms with van der Waals surface area (Å²) in [5.74, 6) is -6.11. The van der Waals surface area contributed by atoms with Gasteiger partial charge in [-0.1, -0.05) is 0 Å². The van der Waals surface area contributed by atoms with E-state index in [1.165, 1.54) is 12.1 Å². The molecule has 0 spiro atoms. The molecule has 0 aliphatic carbocycles. The van der Waals surface area contributed by atoms with Gasteiger partial charge in [-0.05, 0) is 43.3 Å². The molecule has 2 aromatic rings. The normalized spacial score (nSPS) is 11.4. The van der Waals surface area contributed by atoms with Crippen LogP contribution >= 0.6 is 0 Å². The van der Waals surface area contributed by atoms with Crippen LogP contribution in [0.3, 0.4) is 0 Å². The second kappa shape index (κ2) is 11.2. The maximum atomic E-state index is 12.7. The van der Waals surface area contributed by atoms with Crippen LogP contribution in [-0.2, 0) is 14.3 Å². The number of carboxylic acids is 2. The minimum Gasteiger partial charge on any atom is -0.510 e. The molecule has 0 bridgehead atoms. The second-order valence-electron chi connectivity index (χ2n) is 6.71. The van der Waals surface area contributed by atoms with Crippen LogP contribution < -0.4 is 5.32 Å². The third-order valence-electron chi connectivity index (χ3n) is 4.32. The highest BCUT2D eigenvalue weighted by Gasteiger charge is 2.19. The minimum atomic E-state index is -1.43. The van der Waals surface area contributed by atoms with Gasteiger partial charge in [-0.3, -0.25) is 4.79 Å². The van der Waals surface area contributed by atoms with Crippen LogP contribution in [0.5, 0.6) is 0 Å². The number of hydrogen-bond donors (Lipinski definition) is 4. The Balaban J connectivity index is 2.46. The molecule has 0 radical (unpaired) electrons. The van der Waals surface area contributed by atoms with Gasteiger partial charge < -0.3 is 30.1 Å². The van der Waals surface area contributed by atoms with Gasteiger partial charge in [-0.25, -0.2) is 19.2 Å². The van der Waals surface area contributed by atoms with Crippen molar-refractivity contribution in [2.45, 2.75) is 6.92 Å². The molecular formula is C22H19N3O10. The van der Waals surface area contributed by atoms with Crippen LogP contribution in [0, 0.1) is 0 Å². The highest BCUT2D eigenvalue weighted by atomic mass is 16.5. The first-order chi connectivity index (χ1) is 16.5. The molecule has 0 aromatic heterocycles. The number of nitrogens with one attached hydrogen (secondary N) is 1. The monoisotopic (exact) mass is 485 g/mol. The van der Waals surface area contributed by atoms with Crippen molar-refractivity contribution in [3.63, 3.8) is 0 Å². The largest absolute Gasteiger partial charge is 0.510 e. The van der Waals surface area contributed by atoms with Crippen LogP contribution in [0.25, 0.3) is 0 Å². The van der Waals surface area contributed by atoms with Crippen LogP contribution in [0.15, 0.2) is 58.1 Å². The number of benzene rings is 2. The molecule has 0 heterocycles. The van der Waals surface area contributed by atoms with Gasteiger partial charge in [-0.15, -0.1) is 10.2 Å². The third-order valence-corrected chi connectivity index (χ3v) is 4.32. The average molecular weight is 485 g/mol. The molecule has 0 saturated carbocycles. The number of ether oxygens (including phenoxy) is 2. The number of allylic oxidation sites excluding steroid dienone is 1. The number of aromatic carboxylic acids is 2. The Morgan fingerprint density at radius 2 is 1.37 bits per heavy atom. The lowest BCUT2D eigenvalue weighted by Gasteiger charge is -2.09. The molecule has 13 nitrogen and oxygen atoms in total. The quantitative estimate of drug-likeness (QED) is 0.186. The van der Waals surface area contributed by atoms with Gasteiger partial charge in [0.15, 0.2) is 5.70 Å². The van der Waals surface area contributed by atoms with Crippen molar-refractivity contribution in [1.82, 2.24) is 0 Å². The molecule has 0 atom stereocenters. The van der Waals surface area contributed by atoms with Gasteiger partial charge in [-0.2, -0.15) is 0 Å². The van der Waals surface area contributed by atoms with Gasteiger partial charge in [0.1, 0.15) is 11.4 Å². The predicted octanol–water partition coefficient (Wildman–Crippen LogP) is 3.17. The van der Waals surface area contributed by atoms with Crippen molar-refractivity contribution >= 4 is 41.2 Å². The third kappa shape index (κ3) is 6.47. The summed E-state index contributed by atoms with van der Waals surface area (Å²) < 4.78 is 9.27. The topological polar surface area (TPSA) is 201 Å². The lowest BCUT2D eigenvalue weighted by molar-refractivity contribution is -0.113. The Hall–Kier alpha value is -5.07. The van der Waals surface area contributed by atoms with E-state index in [-0.39, 0.29) is 22.5 Å². The van der Waals surface area contributed by atoms with E-state index in [1.807, 2.05) is 0 Å². The standard InChI is InChI=1S/C22H19N3O10/c1-10(26)17(18(27)23-14-7-12(19(28)29)6-13(8-14)20(30)31)25-24-16-9-11(21(32)34-2)4-5-15(16)22(33)35-3/h4-9,26H,1-3H3,(H,23,27)(H,28,29)(H,30,31). The van der Waals surface area contributed by atoms with Crippen LogP contribution in [0.4, 0.5) is 11.4 Å². The summed E-state index contributed by atoms with van der Waals surface area (Å²) in [6.45, 7) is 1.11. The smallest absolute Gasteiger partial charge is 0.340 e. The Morgan fingerprint density at radius 3 is 1.86 bits per heavy atom. The van der Waals surface area contributed by atoms with Crippen molar-refractivity contribution in [2.24, 2.45) is 10.2 Å². The average Bonchev–Trinajstić information content (AvgIpc) is 2.82. The van der Waals surface area contributed by atoms with E-state index in [2.05, 4.69) is 25.0 Å². The summed E-state index contributed by atoms with van der Waals surface area (Å²) >= 11 is 0. The molecule has 0 fully saturated rings. The maximum Gasteiger partial charge on any atom is 0.340 e. The van der Waals surface area contributed by atoms with Crippen molar-refractivity contribution in [1.29, 1.82) is 0 Å². The van der Waals surface area contributed by atoms with Crippen molar-refractivity contribution < 1.29 is 48.8 Å². The van der Waals surface area contributed by atoms with E-state index in [0.717, 1.165) is 45.4 Å². The van der Waals surface area contributed by atoms with E-state index >= 15 is 0 Å². The van der Waals surface area contributed by atoms with E-state index in [1.54, 1.807) is 0 Å². The molecule has 2 aromatic carbocycles. The van der Waals surface area contributed by atoms with E-state index in [0.29, 0.717) is 0 Å². The lowest BCUT2D eigenvalue weighted by Crippen LogP contribution is -2.16. The summed E-state index contributed by atoms with van der Waals surface area (Å²) in [4.78, 5) is 59.1. The fourth-order valence-corrected chi connectivity index (χ4v) is 2.66. The summed E-state index contributed by atoms with van der Waals surface area (Å²) in [5.41, 5.74) is -1.96. The molecule has 1 amide bonds. The Morgan fingerprint density at radius 1 is 0.800 bits per heavy atom. The van der Waals surface area contributed by atoms with Crippen molar-refractivity contribution in [2.75, 3.05) is 19.5 Å². The SMILES string of the molecule is COC(=O)c1ccc(C(=O)OC)c(N=NC(C(=O)Nc2cc(C(=O)O)cc(C(=O)O)c2)=C(C)O)c1. The van der Waals surface area contributed by atoms with E-state index < -0.39 is 52.4 Å². The number of carboxylic acid groups (broad SMARTS) is 2. The summed E-state index contributed by atoms with van der Waals surface area (Å²) in [7, 11) is 2.26. The van der Waals surface area contributed by atoms with Crippen molar-refractivity contribution in [3.05, 3.63) is 70.1 Å². The number of rotatable bonds is 8. The Labute approximate surface area is 197 Å². The van der Waals surface area contributed by atoms with Gasteiger partial charge >= 0.3 is 23.9 Å². The fourth-order valence-electron chi connectivity index (χ4n) is 2.66. The summed E-state index contributed by atoms with van der Waals surface area (Å²) in [5, 5.41) is 37.9. The number of aliphatic hydroxyl groups is 1. The number of methoxy groups -OCH3 is 2. The van der Waals surface area contributed by atoms with E-state index in [9.17, 15) is 29.1 Å². The lowest BCUT2D eigenvalue weighted by atomic mass is 10.1. The molecule has 0 aliphatic heterocycles. The van der Waals surface area contributed by atoms with Crippen LogP contribution in [0.2, 0.25) is 0 Å². The second-order valence-corrected chi connectivity index (χ2v) is 6.71. The van der Waals surface area contributed by atoms with Crippen molar-refractivity contribution in [3.8, 4) is 0 Å². The molecule has 4 N–H and O–H groups in total. The predicted molar refractivity (Wildman–Crippen MR) is 118 cm³/mol. The molecule has 13 heteroatoms. The number of anilines is 1. The van der Waals surface area contributed by atoms with Crippen LogP contribution in [0.1, 0.15) is 48.4 Å².